The van der Waals surface area contributed by atoms with Crippen LogP contribution >= 0.6 is 0 Å². The molecule has 0 unspecified atom stereocenters. The third-order valence-corrected chi connectivity index (χ3v) is 11.0. The summed E-state index contributed by atoms with van der Waals surface area (Å²) in [5.41, 5.74) is 16.5. The monoisotopic (exact) mass is 600 g/mol. The summed E-state index contributed by atoms with van der Waals surface area (Å²) in [6.45, 7) is 4.75. The van der Waals surface area contributed by atoms with Gasteiger partial charge in [-0.05, 0) is 86.0 Å². The Balaban J connectivity index is 1.23. The van der Waals surface area contributed by atoms with E-state index in [-0.39, 0.29) is 5.41 Å². The minimum atomic E-state index is -0.444. The van der Waals surface area contributed by atoms with Crippen LogP contribution in [0.25, 0.3) is 49.7 Å². The molecule has 0 saturated carbocycles. The molecule has 0 N–H and O–H groups in total. The highest BCUT2D eigenvalue weighted by Gasteiger charge is 2.52. The standard InChI is InChI=1S/C45H32N2/c1-44(2)36-13-7-15-38-42(36)43-37(44)14-8-16-39(43)45(38,31-21-19-29(20-22-31)30-10-9-27-46-28-30)32-23-25-33(26-24-32)47-40-17-5-3-11-34(40)35-12-4-6-18-41(35)47/h3-28H,1-2H3. The van der Waals surface area contributed by atoms with Gasteiger partial charge in [0.1, 0.15) is 0 Å². The number of aromatic nitrogens is 2. The average Bonchev–Trinajstić information content (AvgIpc) is 3.71. The largest absolute Gasteiger partial charge is 0.309 e. The molecule has 0 radical (unpaired) electrons. The van der Waals surface area contributed by atoms with E-state index < -0.39 is 5.41 Å². The Morgan fingerprint density at radius 3 is 1.55 bits per heavy atom. The number of benzene rings is 6. The first-order valence-corrected chi connectivity index (χ1v) is 16.5. The van der Waals surface area contributed by atoms with Crippen LogP contribution in [-0.2, 0) is 10.8 Å². The second-order valence-corrected chi connectivity index (χ2v) is 13.6. The number of nitrogens with zero attached hydrogens (tertiary/aromatic N) is 2. The van der Waals surface area contributed by atoms with Gasteiger partial charge in [-0.2, -0.15) is 0 Å². The second kappa shape index (κ2) is 9.40. The molecule has 2 heteroatoms. The quantitative estimate of drug-likeness (QED) is 0.196. The Labute approximate surface area is 274 Å². The van der Waals surface area contributed by atoms with Gasteiger partial charge >= 0.3 is 0 Å². The van der Waals surface area contributed by atoms with Gasteiger partial charge < -0.3 is 4.57 Å². The number of para-hydroxylation sites is 2. The van der Waals surface area contributed by atoms with Gasteiger partial charge in [0.05, 0.1) is 16.4 Å². The highest BCUT2D eigenvalue weighted by atomic mass is 15.0. The maximum Gasteiger partial charge on any atom is 0.0713 e. The van der Waals surface area contributed by atoms with Crippen molar-refractivity contribution in [1.29, 1.82) is 0 Å². The normalized spacial score (nSPS) is 14.9. The summed E-state index contributed by atoms with van der Waals surface area (Å²) in [7, 11) is 0. The van der Waals surface area contributed by atoms with Crippen molar-refractivity contribution in [3.8, 4) is 27.9 Å². The van der Waals surface area contributed by atoms with E-state index in [9.17, 15) is 0 Å². The number of fused-ring (bicyclic) bond motifs is 3. The summed E-state index contributed by atoms with van der Waals surface area (Å²) in [4.78, 5) is 4.38. The zero-order chi connectivity index (χ0) is 31.3. The Bertz CT molecular complexity index is 2410. The van der Waals surface area contributed by atoms with Crippen molar-refractivity contribution in [3.05, 3.63) is 191 Å². The fraction of sp³-hybridized carbons (Fsp3) is 0.0889. The van der Waals surface area contributed by atoms with Crippen LogP contribution in [0.3, 0.4) is 0 Å². The van der Waals surface area contributed by atoms with Crippen LogP contribution in [-0.4, -0.2) is 9.55 Å². The summed E-state index contributed by atoms with van der Waals surface area (Å²) >= 11 is 0. The van der Waals surface area contributed by atoms with Gasteiger partial charge in [0.2, 0.25) is 0 Å². The lowest BCUT2D eigenvalue weighted by Crippen LogP contribution is -2.30. The molecular weight excluding hydrogens is 569 g/mol. The molecule has 0 bridgehead atoms. The molecule has 222 valence electrons. The molecule has 0 fully saturated rings. The first-order chi connectivity index (χ1) is 23.1. The fourth-order valence-electron chi connectivity index (χ4n) is 8.90. The van der Waals surface area contributed by atoms with E-state index in [1.807, 2.05) is 18.5 Å². The van der Waals surface area contributed by atoms with Crippen LogP contribution < -0.4 is 0 Å². The lowest BCUT2D eigenvalue weighted by Gasteiger charge is -2.36. The van der Waals surface area contributed by atoms with Gasteiger partial charge in [-0.1, -0.05) is 129 Å². The van der Waals surface area contributed by atoms with Gasteiger partial charge in [0.15, 0.2) is 0 Å². The van der Waals surface area contributed by atoms with Crippen LogP contribution in [0.15, 0.2) is 158 Å². The summed E-state index contributed by atoms with van der Waals surface area (Å²) in [6, 6.07) is 54.2. The summed E-state index contributed by atoms with van der Waals surface area (Å²) in [5, 5.41) is 2.56. The van der Waals surface area contributed by atoms with Crippen LogP contribution in [0.5, 0.6) is 0 Å². The summed E-state index contributed by atoms with van der Waals surface area (Å²) in [5.74, 6) is 0. The molecule has 0 saturated heterocycles. The topological polar surface area (TPSA) is 17.8 Å². The van der Waals surface area contributed by atoms with Crippen LogP contribution in [0.4, 0.5) is 0 Å². The molecule has 6 aromatic carbocycles. The fourth-order valence-corrected chi connectivity index (χ4v) is 8.90. The zero-order valence-corrected chi connectivity index (χ0v) is 26.4. The highest BCUT2D eigenvalue weighted by Crippen LogP contribution is 2.64. The van der Waals surface area contributed by atoms with Crippen molar-refractivity contribution in [2.45, 2.75) is 24.7 Å². The van der Waals surface area contributed by atoms with Crippen LogP contribution in [0.1, 0.15) is 47.2 Å². The number of pyridine rings is 1. The summed E-state index contributed by atoms with van der Waals surface area (Å²) < 4.78 is 2.40. The molecule has 47 heavy (non-hydrogen) atoms. The molecule has 0 aliphatic heterocycles. The van der Waals surface area contributed by atoms with Crippen molar-refractivity contribution < 1.29 is 0 Å². The Morgan fingerprint density at radius 1 is 0.468 bits per heavy atom. The minimum Gasteiger partial charge on any atom is -0.309 e. The number of hydrogen-bond donors (Lipinski definition) is 0. The molecule has 2 aromatic heterocycles. The second-order valence-electron chi connectivity index (χ2n) is 13.6. The van der Waals surface area contributed by atoms with Gasteiger partial charge in [-0.15, -0.1) is 0 Å². The van der Waals surface area contributed by atoms with Gasteiger partial charge in [-0.25, -0.2) is 0 Å². The van der Waals surface area contributed by atoms with Gasteiger partial charge in [0, 0.05) is 34.3 Å². The maximum absolute atomic E-state index is 4.38. The predicted molar refractivity (Wildman–Crippen MR) is 193 cm³/mol. The van der Waals surface area contributed by atoms with E-state index in [4.69, 9.17) is 0 Å². The van der Waals surface area contributed by atoms with Gasteiger partial charge in [0.25, 0.3) is 0 Å². The van der Waals surface area contributed by atoms with Crippen molar-refractivity contribution in [3.63, 3.8) is 0 Å². The molecule has 8 aromatic rings. The smallest absolute Gasteiger partial charge is 0.0713 e. The van der Waals surface area contributed by atoms with E-state index in [0.717, 1.165) is 5.56 Å². The van der Waals surface area contributed by atoms with Crippen molar-refractivity contribution in [2.75, 3.05) is 0 Å². The van der Waals surface area contributed by atoms with E-state index in [0.29, 0.717) is 0 Å². The Kier molecular flexibility index (Phi) is 5.30. The molecule has 10 rings (SSSR count). The number of hydrogen-bond acceptors (Lipinski definition) is 1. The molecule has 0 amide bonds. The molecule has 0 spiro atoms. The molecular formula is C45H32N2. The lowest BCUT2D eigenvalue weighted by atomic mass is 9.65. The average molecular weight is 601 g/mol. The SMILES string of the molecule is CC1(C)c2cccc3c2-c2c1cccc2C3(c1ccc(-c2cccnc2)cc1)c1ccc(-n2c3ccccc3c3ccccc32)cc1. The van der Waals surface area contributed by atoms with Crippen molar-refractivity contribution in [1.82, 2.24) is 9.55 Å². The Hall–Kier alpha value is -5.73. The van der Waals surface area contributed by atoms with E-state index >= 15 is 0 Å². The third kappa shape index (κ3) is 3.37. The molecule has 2 heterocycles. The zero-order valence-electron chi connectivity index (χ0n) is 26.4. The molecule has 2 nitrogen and oxygen atoms in total. The molecule has 0 atom stereocenters. The van der Waals surface area contributed by atoms with E-state index in [1.165, 1.54) is 77.6 Å². The van der Waals surface area contributed by atoms with Crippen molar-refractivity contribution in [2.24, 2.45) is 0 Å². The van der Waals surface area contributed by atoms with E-state index in [1.54, 1.807) is 0 Å². The first-order valence-electron chi connectivity index (χ1n) is 16.5. The molecule has 2 aliphatic carbocycles. The molecule has 2 aliphatic rings. The summed E-state index contributed by atoms with van der Waals surface area (Å²) in [6.07, 6.45) is 3.77. The van der Waals surface area contributed by atoms with Crippen molar-refractivity contribution >= 4 is 21.8 Å². The van der Waals surface area contributed by atoms with Gasteiger partial charge in [-0.3, -0.25) is 4.98 Å². The maximum atomic E-state index is 4.38. The Morgan fingerprint density at radius 2 is 1.00 bits per heavy atom. The first kappa shape index (κ1) is 26.5. The van der Waals surface area contributed by atoms with Crippen LogP contribution in [0, 0.1) is 0 Å². The van der Waals surface area contributed by atoms with E-state index in [2.05, 4.69) is 163 Å². The number of rotatable bonds is 4. The van der Waals surface area contributed by atoms with Crippen LogP contribution in [0.2, 0.25) is 0 Å². The minimum absolute atomic E-state index is 0.0343. The third-order valence-electron chi connectivity index (χ3n) is 11.0. The predicted octanol–water partition coefficient (Wildman–Crippen LogP) is 10.8. The lowest BCUT2D eigenvalue weighted by molar-refractivity contribution is 0.652. The highest BCUT2D eigenvalue weighted by molar-refractivity contribution is 6.09.